The lowest BCUT2D eigenvalue weighted by molar-refractivity contribution is -0.137. The summed E-state index contributed by atoms with van der Waals surface area (Å²) in [6.45, 7) is 2.93. The summed E-state index contributed by atoms with van der Waals surface area (Å²) in [6.07, 6.45) is -1.97. The van der Waals surface area contributed by atoms with Crippen LogP contribution in [0.3, 0.4) is 0 Å². The molecule has 0 aromatic heterocycles. The van der Waals surface area contributed by atoms with Crippen LogP contribution in [0.1, 0.15) is 61.3 Å². The molecule has 3 aliphatic rings. The van der Waals surface area contributed by atoms with Gasteiger partial charge in [-0.05, 0) is 61.9 Å². The second kappa shape index (κ2) is 12.3. The zero-order valence-electron chi connectivity index (χ0n) is 22.7. The molecule has 2 fully saturated rings. The van der Waals surface area contributed by atoms with Gasteiger partial charge >= 0.3 is 6.18 Å². The van der Waals surface area contributed by atoms with Gasteiger partial charge in [0.15, 0.2) is 0 Å². The van der Waals surface area contributed by atoms with E-state index in [1.807, 2.05) is 18.2 Å². The largest absolute Gasteiger partial charge is 0.493 e. The molecule has 0 spiro atoms. The third-order valence-electron chi connectivity index (χ3n) is 8.20. The average molecular weight is 598 g/mol. The number of amides is 1. The van der Waals surface area contributed by atoms with Gasteiger partial charge in [0.05, 0.1) is 23.1 Å². The number of carbonyl (C=O) groups excluding carboxylic acids is 1. The number of sulfonamides is 1. The van der Waals surface area contributed by atoms with E-state index in [0.717, 1.165) is 59.7 Å². The Bertz CT molecular complexity index is 1350. The van der Waals surface area contributed by atoms with E-state index in [9.17, 15) is 30.8 Å². The maximum Gasteiger partial charge on any atom is 0.416 e. The van der Waals surface area contributed by atoms with Crippen LogP contribution in [-0.2, 0) is 27.4 Å². The van der Waals surface area contributed by atoms with Crippen molar-refractivity contribution in [1.82, 2.24) is 14.5 Å². The number of hydrogen-bond donors (Lipinski definition) is 1. The zero-order chi connectivity index (χ0) is 29.2. The lowest BCUT2D eigenvalue weighted by Gasteiger charge is -2.30. The zero-order valence-corrected chi connectivity index (χ0v) is 23.5. The predicted octanol–water partition coefficient (Wildman–Crippen LogP) is 4.87. The highest BCUT2D eigenvalue weighted by Gasteiger charge is 2.38. The van der Waals surface area contributed by atoms with Crippen LogP contribution in [0.15, 0.2) is 47.4 Å². The lowest BCUT2D eigenvalue weighted by Crippen LogP contribution is -2.40. The molecule has 2 atom stereocenters. The van der Waals surface area contributed by atoms with Crippen molar-refractivity contribution in [3.63, 3.8) is 0 Å². The van der Waals surface area contributed by atoms with Crippen LogP contribution in [0.4, 0.5) is 17.6 Å². The number of likely N-dealkylation sites (tertiary alicyclic amines) is 1. The highest BCUT2D eigenvalue weighted by atomic mass is 32.2. The van der Waals surface area contributed by atoms with Gasteiger partial charge in [-0.3, -0.25) is 4.79 Å². The van der Waals surface area contributed by atoms with Crippen molar-refractivity contribution in [3.8, 4) is 5.75 Å². The molecular weight excluding hydrogens is 562 g/mol. The number of hydrogen-bond acceptors (Lipinski definition) is 5. The molecule has 1 amide bonds. The van der Waals surface area contributed by atoms with Crippen molar-refractivity contribution in [2.24, 2.45) is 0 Å². The Kier molecular flexibility index (Phi) is 8.91. The standard InChI is InChI=1S/C29H35F4N3O4S/c30-22-9-14-35(15-10-22)13-8-20-6-7-25-26(11-16-40-27(25)17-20)34-28(37)19-23-4-2-12-36(23)41(38,39)24-5-1-3-21(18-24)29(31,32)33/h1,3,5-7,17-18,22-23,26H,2,4,8-16,19H2,(H,34,37)/t23-,26+/m0/s1. The second-order valence-electron chi connectivity index (χ2n) is 11.0. The average Bonchev–Trinajstić information content (AvgIpc) is 3.41. The minimum absolute atomic E-state index is 0.0848. The smallest absolute Gasteiger partial charge is 0.416 e. The molecule has 12 heteroatoms. The van der Waals surface area contributed by atoms with E-state index in [1.165, 1.54) is 0 Å². The Morgan fingerprint density at radius 3 is 2.56 bits per heavy atom. The van der Waals surface area contributed by atoms with E-state index < -0.39 is 38.9 Å². The lowest BCUT2D eigenvalue weighted by atomic mass is 9.97. The van der Waals surface area contributed by atoms with Gasteiger partial charge in [-0.15, -0.1) is 0 Å². The molecule has 0 bridgehead atoms. The summed E-state index contributed by atoms with van der Waals surface area (Å²) in [4.78, 5) is 14.9. The van der Waals surface area contributed by atoms with Crippen LogP contribution in [0.2, 0.25) is 0 Å². The quantitative estimate of drug-likeness (QED) is 0.440. The highest BCUT2D eigenvalue weighted by Crippen LogP contribution is 2.35. The number of carbonyl (C=O) groups is 1. The van der Waals surface area contributed by atoms with Crippen molar-refractivity contribution in [1.29, 1.82) is 0 Å². The summed E-state index contributed by atoms with van der Waals surface area (Å²) in [6, 6.07) is 8.71. The number of nitrogens with zero attached hydrogens (tertiary/aromatic N) is 2. The fourth-order valence-electron chi connectivity index (χ4n) is 5.92. The molecule has 3 heterocycles. The number of ether oxygens (including phenoxy) is 1. The van der Waals surface area contributed by atoms with Gasteiger partial charge in [0, 0.05) is 50.6 Å². The van der Waals surface area contributed by atoms with Gasteiger partial charge in [-0.1, -0.05) is 18.2 Å². The van der Waals surface area contributed by atoms with Crippen molar-refractivity contribution >= 4 is 15.9 Å². The molecule has 2 aromatic rings. The molecule has 3 aliphatic heterocycles. The van der Waals surface area contributed by atoms with Crippen LogP contribution < -0.4 is 10.1 Å². The van der Waals surface area contributed by atoms with Crippen LogP contribution in [-0.4, -0.2) is 68.5 Å². The SMILES string of the molecule is O=C(C[C@@H]1CCCN1S(=O)(=O)c1cccc(C(F)(F)F)c1)N[C@@H]1CCOc2cc(CCN3CCC(F)CC3)ccc21. The molecule has 7 nitrogen and oxygen atoms in total. The van der Waals surface area contributed by atoms with Gasteiger partial charge < -0.3 is 15.0 Å². The fourth-order valence-corrected chi connectivity index (χ4v) is 7.66. The third-order valence-corrected chi connectivity index (χ3v) is 10.1. The van der Waals surface area contributed by atoms with E-state index in [4.69, 9.17) is 4.74 Å². The van der Waals surface area contributed by atoms with E-state index >= 15 is 0 Å². The number of benzene rings is 2. The number of piperidine rings is 1. The van der Waals surface area contributed by atoms with E-state index in [0.29, 0.717) is 50.5 Å². The summed E-state index contributed by atoms with van der Waals surface area (Å²) in [7, 11) is -4.21. The molecule has 0 unspecified atom stereocenters. The molecular formula is C29H35F4N3O4S. The number of halogens is 4. The number of nitrogens with one attached hydrogen (secondary N) is 1. The summed E-state index contributed by atoms with van der Waals surface area (Å²) >= 11 is 0. The van der Waals surface area contributed by atoms with Gasteiger partial charge in [-0.25, -0.2) is 12.8 Å². The van der Waals surface area contributed by atoms with Crippen LogP contribution in [0.25, 0.3) is 0 Å². The normalized spacial score (nSPS) is 22.7. The topological polar surface area (TPSA) is 79.0 Å². The highest BCUT2D eigenvalue weighted by molar-refractivity contribution is 7.89. The van der Waals surface area contributed by atoms with Crippen molar-refractivity contribution in [2.45, 2.75) is 74.3 Å². The van der Waals surface area contributed by atoms with Gasteiger partial charge in [0.25, 0.3) is 0 Å². The molecule has 224 valence electrons. The van der Waals surface area contributed by atoms with Crippen molar-refractivity contribution < 1.29 is 35.5 Å². The summed E-state index contributed by atoms with van der Waals surface area (Å²) in [5.74, 6) is 0.385. The maximum atomic E-state index is 13.4. The Hall–Kier alpha value is -2.70. The Morgan fingerprint density at radius 2 is 1.80 bits per heavy atom. The molecule has 2 saturated heterocycles. The van der Waals surface area contributed by atoms with Gasteiger partial charge in [0.2, 0.25) is 15.9 Å². The first-order valence-electron chi connectivity index (χ1n) is 14.1. The molecule has 2 aromatic carbocycles. The van der Waals surface area contributed by atoms with Crippen molar-refractivity contribution in [2.75, 3.05) is 32.8 Å². The minimum atomic E-state index is -4.66. The number of fused-ring (bicyclic) bond motifs is 1. The minimum Gasteiger partial charge on any atom is -0.493 e. The molecule has 5 rings (SSSR count). The van der Waals surface area contributed by atoms with Crippen LogP contribution in [0, 0.1) is 0 Å². The van der Waals surface area contributed by atoms with E-state index in [1.54, 1.807) is 0 Å². The molecule has 1 N–H and O–H groups in total. The number of rotatable bonds is 8. The van der Waals surface area contributed by atoms with Crippen LogP contribution in [0.5, 0.6) is 5.75 Å². The summed E-state index contributed by atoms with van der Waals surface area (Å²) in [5.41, 5.74) is 0.917. The third kappa shape index (κ3) is 7.03. The van der Waals surface area contributed by atoms with E-state index in [2.05, 4.69) is 10.2 Å². The Balaban J connectivity index is 1.20. The molecule has 0 aliphatic carbocycles. The first-order chi connectivity index (χ1) is 19.5. The van der Waals surface area contributed by atoms with Gasteiger partial charge in [-0.2, -0.15) is 17.5 Å². The fraction of sp³-hybridized carbons (Fsp3) is 0.552. The first kappa shape index (κ1) is 29.8. The summed E-state index contributed by atoms with van der Waals surface area (Å²) in [5, 5.41) is 3.02. The van der Waals surface area contributed by atoms with Crippen molar-refractivity contribution in [3.05, 3.63) is 59.2 Å². The maximum absolute atomic E-state index is 13.4. The second-order valence-corrected chi connectivity index (χ2v) is 12.9. The van der Waals surface area contributed by atoms with Crippen LogP contribution >= 0.6 is 0 Å². The monoisotopic (exact) mass is 597 g/mol. The predicted molar refractivity (Wildman–Crippen MR) is 145 cm³/mol. The molecule has 0 radical (unpaired) electrons. The number of alkyl halides is 4. The first-order valence-corrected chi connectivity index (χ1v) is 15.6. The Morgan fingerprint density at radius 1 is 1.02 bits per heavy atom. The molecule has 0 saturated carbocycles. The Labute approximate surface area is 237 Å². The van der Waals surface area contributed by atoms with E-state index in [-0.39, 0.29) is 24.9 Å². The van der Waals surface area contributed by atoms with Gasteiger partial charge in [0.1, 0.15) is 11.9 Å². The summed E-state index contributed by atoms with van der Waals surface area (Å²) < 4.78 is 86.5. The molecule has 41 heavy (non-hydrogen) atoms.